The molecule has 0 aliphatic heterocycles. The first-order chi connectivity index (χ1) is 12.6. The summed E-state index contributed by atoms with van der Waals surface area (Å²) < 4.78 is 38.5. The Balaban J connectivity index is 2.12. The van der Waals surface area contributed by atoms with Crippen LogP contribution in [0, 0.1) is 6.92 Å². The highest BCUT2D eigenvalue weighted by molar-refractivity contribution is 7.89. The minimum absolute atomic E-state index is 0.0185. The smallest absolute Gasteiger partial charge is 0.252 e. The van der Waals surface area contributed by atoms with Gasteiger partial charge in [-0.3, -0.25) is 4.79 Å². The average molecular weight is 413 g/mol. The zero-order valence-corrected chi connectivity index (χ0v) is 16.7. The van der Waals surface area contributed by atoms with E-state index in [9.17, 15) is 13.2 Å². The van der Waals surface area contributed by atoms with E-state index in [0.717, 1.165) is 5.56 Å². The van der Waals surface area contributed by atoms with Crippen molar-refractivity contribution in [2.75, 3.05) is 13.7 Å². The lowest BCUT2D eigenvalue weighted by atomic mass is 10.2. The van der Waals surface area contributed by atoms with Gasteiger partial charge in [-0.25, -0.2) is 13.1 Å². The molecule has 9 heteroatoms. The van der Waals surface area contributed by atoms with Gasteiger partial charge >= 0.3 is 0 Å². The normalized spacial score (nSPS) is 12.4. The fraction of sp³-hybridized carbons (Fsp3) is 0.278. The van der Waals surface area contributed by atoms with Crippen molar-refractivity contribution in [2.45, 2.75) is 24.8 Å². The van der Waals surface area contributed by atoms with Crippen molar-refractivity contribution < 1.29 is 22.7 Å². The molecule has 2 rings (SSSR count). The van der Waals surface area contributed by atoms with Gasteiger partial charge in [-0.05, 0) is 49.7 Å². The number of primary amides is 1. The van der Waals surface area contributed by atoms with E-state index in [1.54, 1.807) is 25.1 Å². The summed E-state index contributed by atoms with van der Waals surface area (Å²) in [7, 11) is -2.42. The van der Waals surface area contributed by atoms with Crippen molar-refractivity contribution in [3.05, 3.63) is 52.5 Å². The maximum absolute atomic E-state index is 12.6. The monoisotopic (exact) mass is 412 g/mol. The van der Waals surface area contributed by atoms with E-state index in [2.05, 4.69) is 4.72 Å². The number of nitrogens with one attached hydrogen (secondary N) is 1. The van der Waals surface area contributed by atoms with E-state index in [1.165, 1.54) is 25.3 Å². The summed E-state index contributed by atoms with van der Waals surface area (Å²) in [5, 5.41) is 0.344. The number of ether oxygens (including phenoxy) is 2. The number of carbonyl (C=O) groups is 1. The predicted octanol–water partition coefficient (Wildman–Crippen LogP) is 2.50. The number of aryl methyl sites for hydroxylation is 1. The third kappa shape index (κ3) is 5.35. The van der Waals surface area contributed by atoms with Gasteiger partial charge < -0.3 is 15.2 Å². The summed E-state index contributed by atoms with van der Waals surface area (Å²) in [6.07, 6.45) is 0. The first-order valence-corrected chi connectivity index (χ1v) is 9.89. The molecule has 3 N–H and O–H groups in total. The number of halogens is 1. The number of carbonyl (C=O) groups excluding carboxylic acids is 1. The number of nitrogens with two attached hydrogens (primary N) is 1. The van der Waals surface area contributed by atoms with Crippen LogP contribution in [0.4, 0.5) is 0 Å². The number of hydrogen-bond acceptors (Lipinski definition) is 5. The summed E-state index contributed by atoms with van der Waals surface area (Å²) >= 11 is 5.85. The maximum Gasteiger partial charge on any atom is 0.252 e. The molecule has 0 radical (unpaired) electrons. The minimum Gasteiger partial charge on any atom is -0.495 e. The molecule has 2 aromatic carbocycles. The second kappa shape index (κ2) is 8.60. The van der Waals surface area contributed by atoms with Crippen LogP contribution in [0.25, 0.3) is 0 Å². The lowest BCUT2D eigenvalue weighted by molar-refractivity contribution is 0.0996. The molecule has 2 aromatic rings. The van der Waals surface area contributed by atoms with Crippen molar-refractivity contribution in [3.8, 4) is 11.5 Å². The van der Waals surface area contributed by atoms with Crippen LogP contribution >= 0.6 is 11.6 Å². The summed E-state index contributed by atoms with van der Waals surface area (Å²) in [4.78, 5) is 11.5. The fourth-order valence-electron chi connectivity index (χ4n) is 2.39. The molecule has 0 aromatic heterocycles. The number of methoxy groups -OCH3 is 1. The van der Waals surface area contributed by atoms with Gasteiger partial charge in [0.25, 0.3) is 5.91 Å². The molecule has 7 nitrogen and oxygen atoms in total. The summed E-state index contributed by atoms with van der Waals surface area (Å²) in [6, 6.07) is 8.67. The average Bonchev–Trinajstić information content (AvgIpc) is 2.59. The van der Waals surface area contributed by atoms with E-state index >= 15 is 0 Å². The van der Waals surface area contributed by atoms with E-state index < -0.39 is 22.0 Å². The van der Waals surface area contributed by atoms with Gasteiger partial charge in [0.15, 0.2) is 0 Å². The molecule has 146 valence electrons. The molecule has 0 saturated carbocycles. The zero-order chi connectivity index (χ0) is 20.2. The molecule has 0 aliphatic rings. The van der Waals surface area contributed by atoms with Gasteiger partial charge in [-0.15, -0.1) is 0 Å². The van der Waals surface area contributed by atoms with Gasteiger partial charge in [0.05, 0.1) is 18.7 Å². The van der Waals surface area contributed by atoms with Gasteiger partial charge in [0, 0.05) is 5.02 Å². The Hall–Kier alpha value is -2.29. The Morgan fingerprint density at radius 1 is 1.22 bits per heavy atom. The van der Waals surface area contributed by atoms with Crippen LogP contribution in [-0.4, -0.2) is 34.1 Å². The molecule has 0 aliphatic carbocycles. The zero-order valence-electron chi connectivity index (χ0n) is 15.2. The Kier molecular flexibility index (Phi) is 6.69. The van der Waals surface area contributed by atoms with Crippen LogP contribution in [0.15, 0.2) is 41.3 Å². The van der Waals surface area contributed by atoms with Crippen LogP contribution in [0.1, 0.15) is 22.8 Å². The van der Waals surface area contributed by atoms with Crippen molar-refractivity contribution >= 4 is 27.5 Å². The molecular weight excluding hydrogens is 392 g/mol. The number of rotatable bonds is 8. The van der Waals surface area contributed by atoms with Gasteiger partial charge in [-0.2, -0.15) is 0 Å². The molecule has 1 amide bonds. The highest BCUT2D eigenvalue weighted by atomic mass is 35.5. The lowest BCUT2D eigenvalue weighted by Crippen LogP contribution is -2.37. The highest BCUT2D eigenvalue weighted by Gasteiger charge is 2.22. The Morgan fingerprint density at radius 3 is 2.56 bits per heavy atom. The number of sulfonamides is 1. The topological polar surface area (TPSA) is 108 Å². The predicted molar refractivity (Wildman–Crippen MR) is 103 cm³/mol. The molecular formula is C18H21ClN2O5S. The molecule has 0 spiro atoms. The maximum atomic E-state index is 12.6. The van der Waals surface area contributed by atoms with Crippen LogP contribution in [-0.2, 0) is 10.0 Å². The lowest BCUT2D eigenvalue weighted by Gasteiger charge is -2.17. The van der Waals surface area contributed by atoms with Crippen molar-refractivity contribution in [2.24, 2.45) is 5.73 Å². The van der Waals surface area contributed by atoms with Crippen LogP contribution in [0.5, 0.6) is 11.5 Å². The SMILES string of the molecule is COc1cc(C)ccc1S(=O)(=O)N[C@@H](C)COc1ccc(Cl)cc1C(N)=O. The van der Waals surface area contributed by atoms with Crippen LogP contribution in [0.2, 0.25) is 5.02 Å². The Bertz CT molecular complexity index is 947. The standard InChI is InChI=1S/C18H21ClN2O5S/c1-11-4-7-17(16(8-11)25-3)27(23,24)21-12(2)10-26-15-6-5-13(19)9-14(15)18(20)22/h4-9,12,21H,10H2,1-3H3,(H2,20,22)/t12-/m0/s1. The number of amides is 1. The van der Waals surface area contributed by atoms with E-state index in [0.29, 0.717) is 5.02 Å². The molecule has 0 saturated heterocycles. The van der Waals surface area contributed by atoms with E-state index in [1.807, 2.05) is 6.92 Å². The summed E-state index contributed by atoms with van der Waals surface area (Å²) in [6.45, 7) is 3.46. The van der Waals surface area contributed by atoms with E-state index in [4.69, 9.17) is 26.8 Å². The van der Waals surface area contributed by atoms with Crippen LogP contribution < -0.4 is 19.9 Å². The minimum atomic E-state index is -3.82. The second-order valence-corrected chi connectivity index (χ2v) is 8.11. The van der Waals surface area contributed by atoms with Crippen molar-refractivity contribution in [1.82, 2.24) is 4.72 Å². The largest absolute Gasteiger partial charge is 0.495 e. The molecule has 0 unspecified atom stereocenters. The molecule has 0 heterocycles. The second-order valence-electron chi connectivity index (χ2n) is 5.99. The number of benzene rings is 2. The third-order valence-electron chi connectivity index (χ3n) is 3.66. The number of hydrogen-bond donors (Lipinski definition) is 2. The Morgan fingerprint density at radius 2 is 1.93 bits per heavy atom. The molecule has 27 heavy (non-hydrogen) atoms. The fourth-order valence-corrected chi connectivity index (χ4v) is 3.95. The first-order valence-electron chi connectivity index (χ1n) is 8.03. The Labute approximate surface area is 163 Å². The molecule has 1 atom stereocenters. The first kappa shape index (κ1) is 21.0. The summed E-state index contributed by atoms with van der Waals surface area (Å²) in [5.74, 6) is -0.208. The quantitative estimate of drug-likeness (QED) is 0.692. The summed E-state index contributed by atoms with van der Waals surface area (Å²) in [5.41, 5.74) is 6.31. The van der Waals surface area contributed by atoms with Crippen molar-refractivity contribution in [1.29, 1.82) is 0 Å². The molecule has 0 bridgehead atoms. The van der Waals surface area contributed by atoms with Gasteiger partial charge in [0.2, 0.25) is 10.0 Å². The van der Waals surface area contributed by atoms with Gasteiger partial charge in [-0.1, -0.05) is 17.7 Å². The van der Waals surface area contributed by atoms with Gasteiger partial charge in [0.1, 0.15) is 23.0 Å². The van der Waals surface area contributed by atoms with Crippen LogP contribution in [0.3, 0.4) is 0 Å². The third-order valence-corrected chi connectivity index (χ3v) is 5.52. The molecule has 0 fully saturated rings. The highest BCUT2D eigenvalue weighted by Crippen LogP contribution is 2.25. The van der Waals surface area contributed by atoms with E-state index in [-0.39, 0.29) is 28.6 Å². The van der Waals surface area contributed by atoms with Crippen molar-refractivity contribution in [3.63, 3.8) is 0 Å².